The van der Waals surface area contributed by atoms with Crippen molar-refractivity contribution in [2.45, 2.75) is 46.1 Å². The van der Waals surface area contributed by atoms with E-state index in [0.717, 1.165) is 23.6 Å². The Morgan fingerprint density at radius 3 is 2.80 bits per heavy atom. The van der Waals surface area contributed by atoms with Gasteiger partial charge in [-0.2, -0.15) is 5.10 Å². The summed E-state index contributed by atoms with van der Waals surface area (Å²) >= 11 is 0. The molecule has 2 heterocycles. The summed E-state index contributed by atoms with van der Waals surface area (Å²) in [4.78, 5) is 4.42. The molecule has 0 aliphatic carbocycles. The third-order valence-electron chi connectivity index (χ3n) is 3.11. The molecule has 2 aromatic rings. The zero-order valence-electron chi connectivity index (χ0n) is 13.0. The molecule has 110 valence electrons. The largest absolute Gasteiger partial charge is 0.380 e. The Kier molecular flexibility index (Phi) is 4.28. The highest BCUT2D eigenvalue weighted by Gasteiger charge is 2.19. The number of fused-ring (bicyclic) bond motifs is 1. The highest BCUT2D eigenvalue weighted by molar-refractivity contribution is 5.68. The standard InChI is InChI=1S/C15H24N4O/c1-6-20-10-11(2)17-14-12-9-13(15(3,4)5)18-19(12)8-7-16-14/h7-9,11H,6,10H2,1-5H3,(H,16,17). The lowest BCUT2D eigenvalue weighted by atomic mass is 9.92. The lowest BCUT2D eigenvalue weighted by Crippen LogP contribution is -2.22. The number of hydrogen-bond acceptors (Lipinski definition) is 4. The number of aromatic nitrogens is 3. The second kappa shape index (κ2) is 5.79. The van der Waals surface area contributed by atoms with Gasteiger partial charge in [0.1, 0.15) is 5.52 Å². The van der Waals surface area contributed by atoms with Gasteiger partial charge in [0.15, 0.2) is 5.82 Å². The molecule has 2 rings (SSSR count). The first-order valence-electron chi connectivity index (χ1n) is 7.11. The minimum Gasteiger partial charge on any atom is -0.380 e. The Balaban J connectivity index is 2.27. The van der Waals surface area contributed by atoms with Crippen molar-refractivity contribution < 1.29 is 4.74 Å². The molecule has 0 aliphatic rings. The fraction of sp³-hybridized carbons (Fsp3) is 0.600. The molecule has 0 aliphatic heterocycles. The SMILES string of the molecule is CCOCC(C)Nc1nccn2nc(C(C)(C)C)cc12. The first kappa shape index (κ1) is 14.8. The molecule has 0 radical (unpaired) electrons. The Hall–Kier alpha value is -1.62. The van der Waals surface area contributed by atoms with Crippen LogP contribution in [0.3, 0.4) is 0 Å². The molecule has 0 amide bonds. The summed E-state index contributed by atoms with van der Waals surface area (Å²) in [6.45, 7) is 12.0. The van der Waals surface area contributed by atoms with Crippen molar-refractivity contribution in [1.82, 2.24) is 14.6 Å². The van der Waals surface area contributed by atoms with E-state index in [9.17, 15) is 0 Å². The van der Waals surface area contributed by atoms with Gasteiger partial charge in [0.25, 0.3) is 0 Å². The fourth-order valence-corrected chi connectivity index (χ4v) is 1.97. The van der Waals surface area contributed by atoms with Crippen molar-refractivity contribution in [3.63, 3.8) is 0 Å². The zero-order valence-corrected chi connectivity index (χ0v) is 13.0. The van der Waals surface area contributed by atoms with E-state index in [-0.39, 0.29) is 11.5 Å². The number of ether oxygens (including phenoxy) is 1. The molecule has 5 heteroatoms. The minimum atomic E-state index is 0.0280. The van der Waals surface area contributed by atoms with E-state index in [1.807, 2.05) is 17.6 Å². The summed E-state index contributed by atoms with van der Waals surface area (Å²) in [5.74, 6) is 0.850. The molecule has 0 spiro atoms. The summed E-state index contributed by atoms with van der Waals surface area (Å²) in [7, 11) is 0. The molecular weight excluding hydrogens is 252 g/mol. The number of rotatable bonds is 5. The van der Waals surface area contributed by atoms with Crippen molar-refractivity contribution in [3.8, 4) is 0 Å². The van der Waals surface area contributed by atoms with Gasteiger partial charge in [0.2, 0.25) is 0 Å². The summed E-state index contributed by atoms with van der Waals surface area (Å²) < 4.78 is 7.30. The second-order valence-corrected chi connectivity index (χ2v) is 6.09. The predicted octanol–water partition coefficient (Wildman–Crippen LogP) is 2.86. The molecule has 2 aromatic heterocycles. The van der Waals surface area contributed by atoms with Crippen molar-refractivity contribution >= 4 is 11.3 Å². The van der Waals surface area contributed by atoms with E-state index in [2.05, 4.69) is 49.2 Å². The normalized spacial score (nSPS) is 13.7. The van der Waals surface area contributed by atoms with E-state index >= 15 is 0 Å². The molecule has 0 fully saturated rings. The molecule has 1 atom stereocenters. The molecule has 0 aromatic carbocycles. The maximum Gasteiger partial charge on any atom is 0.152 e. The third-order valence-corrected chi connectivity index (χ3v) is 3.11. The van der Waals surface area contributed by atoms with Crippen LogP contribution in [0.2, 0.25) is 0 Å². The maximum absolute atomic E-state index is 5.43. The molecule has 5 nitrogen and oxygen atoms in total. The molecule has 20 heavy (non-hydrogen) atoms. The Bertz CT molecular complexity index is 571. The fourth-order valence-electron chi connectivity index (χ4n) is 1.97. The van der Waals surface area contributed by atoms with E-state index in [0.29, 0.717) is 6.61 Å². The summed E-state index contributed by atoms with van der Waals surface area (Å²) in [5, 5.41) is 8.01. The van der Waals surface area contributed by atoms with Crippen LogP contribution in [-0.4, -0.2) is 33.9 Å². The van der Waals surface area contributed by atoms with Crippen molar-refractivity contribution in [2.24, 2.45) is 0 Å². The van der Waals surface area contributed by atoms with Crippen LogP contribution in [0.5, 0.6) is 0 Å². The average Bonchev–Trinajstić information content (AvgIpc) is 2.81. The predicted molar refractivity (Wildman–Crippen MR) is 81.3 cm³/mol. The van der Waals surface area contributed by atoms with Gasteiger partial charge in [0, 0.05) is 30.5 Å². The zero-order chi connectivity index (χ0) is 14.8. The lowest BCUT2D eigenvalue weighted by Gasteiger charge is -2.14. The Morgan fingerprint density at radius 2 is 2.15 bits per heavy atom. The minimum absolute atomic E-state index is 0.0280. The van der Waals surface area contributed by atoms with Crippen molar-refractivity contribution in [2.75, 3.05) is 18.5 Å². The monoisotopic (exact) mass is 276 g/mol. The summed E-state index contributed by atoms with van der Waals surface area (Å²) in [6.07, 6.45) is 3.64. The van der Waals surface area contributed by atoms with Crippen LogP contribution in [0.1, 0.15) is 40.3 Å². The van der Waals surface area contributed by atoms with Gasteiger partial charge >= 0.3 is 0 Å². The van der Waals surface area contributed by atoms with Crippen LogP contribution in [0, 0.1) is 0 Å². The smallest absolute Gasteiger partial charge is 0.152 e. The molecule has 0 saturated carbocycles. The van der Waals surface area contributed by atoms with Crippen LogP contribution in [-0.2, 0) is 10.2 Å². The van der Waals surface area contributed by atoms with Gasteiger partial charge in [-0.25, -0.2) is 9.50 Å². The number of hydrogen-bond donors (Lipinski definition) is 1. The van der Waals surface area contributed by atoms with Crippen LogP contribution in [0.15, 0.2) is 18.5 Å². The molecular formula is C15H24N4O. The van der Waals surface area contributed by atoms with E-state index in [1.165, 1.54) is 0 Å². The lowest BCUT2D eigenvalue weighted by molar-refractivity contribution is 0.141. The van der Waals surface area contributed by atoms with Crippen molar-refractivity contribution in [3.05, 3.63) is 24.2 Å². The average molecular weight is 276 g/mol. The van der Waals surface area contributed by atoms with Gasteiger partial charge in [-0.15, -0.1) is 0 Å². The first-order valence-corrected chi connectivity index (χ1v) is 7.11. The van der Waals surface area contributed by atoms with Crippen LogP contribution >= 0.6 is 0 Å². The van der Waals surface area contributed by atoms with Gasteiger partial charge < -0.3 is 10.1 Å². The van der Waals surface area contributed by atoms with Crippen molar-refractivity contribution in [1.29, 1.82) is 0 Å². The van der Waals surface area contributed by atoms with Crippen LogP contribution < -0.4 is 5.32 Å². The summed E-state index contributed by atoms with van der Waals surface area (Å²) in [5.41, 5.74) is 2.09. The van der Waals surface area contributed by atoms with Gasteiger partial charge in [-0.1, -0.05) is 20.8 Å². The molecule has 0 saturated heterocycles. The van der Waals surface area contributed by atoms with Crippen LogP contribution in [0.25, 0.3) is 5.52 Å². The van der Waals surface area contributed by atoms with E-state index in [1.54, 1.807) is 6.20 Å². The topological polar surface area (TPSA) is 51.5 Å². The maximum atomic E-state index is 5.43. The van der Waals surface area contributed by atoms with Gasteiger partial charge in [-0.05, 0) is 19.9 Å². The highest BCUT2D eigenvalue weighted by Crippen LogP contribution is 2.24. The Labute approximate surface area is 120 Å². The van der Waals surface area contributed by atoms with E-state index < -0.39 is 0 Å². The summed E-state index contributed by atoms with van der Waals surface area (Å²) in [6, 6.07) is 2.31. The Morgan fingerprint density at radius 1 is 1.40 bits per heavy atom. The van der Waals surface area contributed by atoms with Gasteiger partial charge in [-0.3, -0.25) is 0 Å². The van der Waals surface area contributed by atoms with Crippen LogP contribution in [0.4, 0.5) is 5.82 Å². The first-order chi connectivity index (χ1) is 9.41. The number of nitrogens with one attached hydrogen (secondary N) is 1. The second-order valence-electron chi connectivity index (χ2n) is 6.09. The van der Waals surface area contributed by atoms with Gasteiger partial charge in [0.05, 0.1) is 12.3 Å². The highest BCUT2D eigenvalue weighted by atomic mass is 16.5. The van der Waals surface area contributed by atoms with E-state index in [4.69, 9.17) is 4.74 Å². The number of anilines is 1. The molecule has 1 unspecified atom stereocenters. The quantitative estimate of drug-likeness (QED) is 0.912. The molecule has 1 N–H and O–H groups in total. The number of nitrogens with zero attached hydrogens (tertiary/aromatic N) is 3. The molecule has 0 bridgehead atoms. The third kappa shape index (κ3) is 3.28.